The molecule has 3 rings (SSSR count). The maximum Gasteiger partial charge on any atom is 0.317 e. The van der Waals surface area contributed by atoms with Gasteiger partial charge in [0.05, 0.1) is 6.54 Å². The largest absolute Gasteiger partial charge is 0.341 e. The summed E-state index contributed by atoms with van der Waals surface area (Å²) in [5.74, 6) is 0.673. The Kier molecular flexibility index (Phi) is 4.54. The third kappa shape index (κ3) is 3.18. The van der Waals surface area contributed by atoms with Gasteiger partial charge in [0.2, 0.25) is 0 Å². The number of likely N-dealkylation sites (tertiary alicyclic amines) is 1. The van der Waals surface area contributed by atoms with Gasteiger partial charge in [0.25, 0.3) is 5.91 Å². The van der Waals surface area contributed by atoms with Crippen LogP contribution in [0.4, 0.5) is 4.79 Å². The fraction of sp³-hybridized carbons (Fsp3) is 0.688. The first-order valence-electron chi connectivity index (χ1n) is 8.42. The maximum absolute atomic E-state index is 12.8. The Balaban J connectivity index is 1.81. The fourth-order valence-corrected chi connectivity index (χ4v) is 3.36. The number of fused-ring (bicyclic) bond motifs is 1. The average Bonchev–Trinajstić information content (AvgIpc) is 2.84. The van der Waals surface area contributed by atoms with Gasteiger partial charge >= 0.3 is 6.03 Å². The number of H-pyrrole nitrogens is 1. The number of piperidine rings is 1. The number of nitrogens with zero attached hydrogens (tertiary/aromatic N) is 3. The Hall–Kier alpha value is -2.05. The molecule has 0 aliphatic carbocycles. The van der Waals surface area contributed by atoms with Crippen molar-refractivity contribution in [2.45, 2.75) is 39.2 Å². The molecule has 1 aromatic rings. The topological polar surface area (TPSA) is 81.3 Å². The number of carbonyl (C=O) groups excluding carboxylic acids is 2. The molecular weight excluding hydrogens is 294 g/mol. The molecule has 0 radical (unpaired) electrons. The van der Waals surface area contributed by atoms with Crippen LogP contribution in [-0.4, -0.2) is 58.6 Å². The minimum atomic E-state index is -0.107. The second-order valence-corrected chi connectivity index (χ2v) is 6.58. The molecule has 3 heterocycles. The zero-order valence-corrected chi connectivity index (χ0v) is 13.9. The molecule has 23 heavy (non-hydrogen) atoms. The molecule has 7 heteroatoms. The number of hydrogen-bond acceptors (Lipinski definition) is 3. The average molecular weight is 319 g/mol. The molecule has 2 aliphatic rings. The Labute approximate surface area is 136 Å². The number of aromatic nitrogens is 2. The van der Waals surface area contributed by atoms with Crippen LogP contribution in [0.15, 0.2) is 0 Å². The van der Waals surface area contributed by atoms with Gasteiger partial charge in [0.15, 0.2) is 5.69 Å². The van der Waals surface area contributed by atoms with Crippen molar-refractivity contribution in [1.29, 1.82) is 0 Å². The molecule has 0 bridgehead atoms. The molecule has 0 atom stereocenters. The molecule has 0 saturated carbocycles. The van der Waals surface area contributed by atoms with Crippen LogP contribution < -0.4 is 5.32 Å². The van der Waals surface area contributed by atoms with E-state index < -0.39 is 0 Å². The van der Waals surface area contributed by atoms with E-state index in [2.05, 4.69) is 22.4 Å². The molecule has 2 N–H and O–H groups in total. The van der Waals surface area contributed by atoms with Crippen molar-refractivity contribution in [2.24, 2.45) is 5.92 Å². The summed E-state index contributed by atoms with van der Waals surface area (Å²) >= 11 is 0. The number of aromatic amines is 1. The zero-order chi connectivity index (χ0) is 16.4. The number of carbonyl (C=O) groups is 2. The second-order valence-electron chi connectivity index (χ2n) is 6.58. The first-order valence-corrected chi connectivity index (χ1v) is 8.42. The summed E-state index contributed by atoms with van der Waals surface area (Å²) < 4.78 is 0. The highest BCUT2D eigenvalue weighted by Crippen LogP contribution is 2.23. The first-order chi connectivity index (χ1) is 11.1. The Morgan fingerprint density at radius 3 is 2.65 bits per heavy atom. The quantitative estimate of drug-likeness (QED) is 0.820. The number of aryl methyl sites for hydroxylation is 1. The Morgan fingerprint density at radius 2 is 1.96 bits per heavy atom. The molecule has 2 aliphatic heterocycles. The van der Waals surface area contributed by atoms with Gasteiger partial charge in [-0.2, -0.15) is 5.10 Å². The van der Waals surface area contributed by atoms with Gasteiger partial charge in [0, 0.05) is 37.9 Å². The van der Waals surface area contributed by atoms with Crippen molar-refractivity contribution in [3.63, 3.8) is 0 Å². The van der Waals surface area contributed by atoms with Crippen molar-refractivity contribution >= 4 is 11.9 Å². The Bertz CT molecular complexity index is 589. The van der Waals surface area contributed by atoms with Gasteiger partial charge in [-0.15, -0.1) is 0 Å². The third-order valence-corrected chi connectivity index (χ3v) is 4.93. The van der Waals surface area contributed by atoms with E-state index in [1.807, 2.05) is 4.90 Å². The van der Waals surface area contributed by atoms with Crippen LogP contribution in [0.2, 0.25) is 0 Å². The molecule has 1 saturated heterocycles. The molecule has 0 aromatic carbocycles. The highest BCUT2D eigenvalue weighted by atomic mass is 16.2. The van der Waals surface area contributed by atoms with Crippen molar-refractivity contribution in [2.75, 3.05) is 26.7 Å². The van der Waals surface area contributed by atoms with E-state index in [0.717, 1.165) is 50.0 Å². The summed E-state index contributed by atoms with van der Waals surface area (Å²) in [5, 5.41) is 9.96. The molecule has 126 valence electrons. The first kappa shape index (κ1) is 15.8. The van der Waals surface area contributed by atoms with Crippen LogP contribution >= 0.6 is 0 Å². The molecule has 0 unspecified atom stereocenters. The van der Waals surface area contributed by atoms with Gasteiger partial charge < -0.3 is 15.1 Å². The van der Waals surface area contributed by atoms with Crippen molar-refractivity contribution in [1.82, 2.24) is 25.3 Å². The van der Waals surface area contributed by atoms with Gasteiger partial charge in [-0.05, 0) is 31.6 Å². The summed E-state index contributed by atoms with van der Waals surface area (Å²) in [6.07, 6.45) is 3.78. The highest BCUT2D eigenvalue weighted by molar-refractivity contribution is 5.94. The fourth-order valence-electron chi connectivity index (χ4n) is 3.36. The monoisotopic (exact) mass is 319 g/mol. The third-order valence-electron chi connectivity index (χ3n) is 4.93. The lowest BCUT2D eigenvalue weighted by atomic mass is 9.98. The maximum atomic E-state index is 12.8. The van der Waals surface area contributed by atoms with Crippen molar-refractivity contribution in [3.05, 3.63) is 17.0 Å². The van der Waals surface area contributed by atoms with Crippen LogP contribution in [0.3, 0.4) is 0 Å². The van der Waals surface area contributed by atoms with Gasteiger partial charge in [-0.25, -0.2) is 4.79 Å². The second kappa shape index (κ2) is 6.60. The predicted octanol–water partition coefficient (Wildman–Crippen LogP) is 1.37. The highest BCUT2D eigenvalue weighted by Gasteiger charge is 2.29. The van der Waals surface area contributed by atoms with Crippen LogP contribution in [0.25, 0.3) is 0 Å². The van der Waals surface area contributed by atoms with Crippen molar-refractivity contribution in [3.8, 4) is 0 Å². The van der Waals surface area contributed by atoms with E-state index in [0.29, 0.717) is 24.7 Å². The molecule has 7 nitrogen and oxygen atoms in total. The van der Waals surface area contributed by atoms with Gasteiger partial charge in [0.1, 0.15) is 0 Å². The van der Waals surface area contributed by atoms with Gasteiger partial charge in [-0.3, -0.25) is 9.89 Å². The van der Waals surface area contributed by atoms with Crippen LogP contribution in [-0.2, 0) is 13.0 Å². The number of urea groups is 1. The lowest BCUT2D eigenvalue weighted by molar-refractivity contribution is 0.0689. The molecule has 1 aromatic heterocycles. The number of nitrogens with one attached hydrogen (secondary N) is 2. The summed E-state index contributed by atoms with van der Waals surface area (Å²) in [4.78, 5) is 28.4. The zero-order valence-electron chi connectivity index (χ0n) is 13.9. The molecule has 1 fully saturated rings. The van der Waals surface area contributed by atoms with Crippen molar-refractivity contribution < 1.29 is 9.59 Å². The smallest absolute Gasteiger partial charge is 0.317 e. The predicted molar refractivity (Wildman–Crippen MR) is 86.1 cm³/mol. The molecule has 0 spiro atoms. The van der Waals surface area contributed by atoms with E-state index in [1.165, 1.54) is 0 Å². The van der Waals surface area contributed by atoms with Crippen LogP contribution in [0.5, 0.6) is 0 Å². The number of hydrogen-bond donors (Lipinski definition) is 2. The number of rotatable bonds is 1. The summed E-state index contributed by atoms with van der Waals surface area (Å²) in [5.41, 5.74) is 2.37. The minimum absolute atomic E-state index is 0.00634. The molecule has 3 amide bonds. The molecular formula is C16H25N5O2. The van der Waals surface area contributed by atoms with Crippen LogP contribution in [0.1, 0.15) is 47.9 Å². The standard InChI is InChI=1S/C16H25N5O2/c1-11-5-8-20(9-6-11)15(22)14-12-10-21(16(23)17-2)7-3-4-13(12)18-19-14/h11H,3-10H2,1-2H3,(H,17,23)(H,18,19). The van der Waals surface area contributed by atoms with Gasteiger partial charge in [-0.1, -0.05) is 6.92 Å². The number of amides is 3. The van der Waals surface area contributed by atoms with E-state index in [-0.39, 0.29) is 11.9 Å². The summed E-state index contributed by atoms with van der Waals surface area (Å²) in [6.45, 7) is 4.94. The van der Waals surface area contributed by atoms with E-state index in [9.17, 15) is 9.59 Å². The summed E-state index contributed by atoms with van der Waals surface area (Å²) in [6, 6.07) is -0.107. The lowest BCUT2D eigenvalue weighted by Crippen LogP contribution is -2.40. The lowest BCUT2D eigenvalue weighted by Gasteiger charge is -2.30. The van der Waals surface area contributed by atoms with E-state index in [4.69, 9.17) is 0 Å². The van der Waals surface area contributed by atoms with E-state index in [1.54, 1.807) is 11.9 Å². The van der Waals surface area contributed by atoms with Crippen LogP contribution in [0, 0.1) is 5.92 Å². The normalized spacial score (nSPS) is 19.2. The minimum Gasteiger partial charge on any atom is -0.341 e. The van der Waals surface area contributed by atoms with E-state index >= 15 is 0 Å². The SMILES string of the molecule is CNC(=O)N1CCCc2[nH]nc(C(=O)N3CCC(C)CC3)c2C1. The Morgan fingerprint density at radius 1 is 1.22 bits per heavy atom. The summed E-state index contributed by atoms with van der Waals surface area (Å²) in [7, 11) is 1.63.